The minimum atomic E-state index is -0.480. The molecule has 0 radical (unpaired) electrons. The molecule has 1 unspecified atom stereocenters. The molecule has 0 saturated carbocycles. The lowest BCUT2D eigenvalue weighted by Crippen LogP contribution is -2.43. The number of nitrogens with zero attached hydrogens (tertiary/aromatic N) is 2. The van der Waals surface area contributed by atoms with Crippen LogP contribution in [0, 0.1) is 0 Å². The molecule has 1 fully saturated rings. The molecule has 4 bridgehead atoms. The number of aromatic nitrogens is 1. The van der Waals surface area contributed by atoms with Gasteiger partial charge in [0, 0.05) is 38.3 Å². The second-order valence-corrected chi connectivity index (χ2v) is 8.47. The van der Waals surface area contributed by atoms with Crippen molar-refractivity contribution in [2.24, 2.45) is 0 Å². The van der Waals surface area contributed by atoms with Crippen LogP contribution in [0.4, 0.5) is 4.79 Å². The van der Waals surface area contributed by atoms with E-state index >= 15 is 0 Å². The number of benzene rings is 2. The van der Waals surface area contributed by atoms with Gasteiger partial charge in [0.15, 0.2) is 0 Å². The van der Waals surface area contributed by atoms with Crippen molar-refractivity contribution in [1.29, 1.82) is 0 Å². The van der Waals surface area contributed by atoms with E-state index < -0.39 is 6.09 Å². The Hall–Kier alpha value is -3.78. The number of rotatable bonds is 3. The van der Waals surface area contributed by atoms with Gasteiger partial charge in [-0.15, -0.1) is 0 Å². The van der Waals surface area contributed by atoms with Crippen molar-refractivity contribution >= 4 is 17.0 Å². The first-order valence-electron chi connectivity index (χ1n) is 11.4. The summed E-state index contributed by atoms with van der Waals surface area (Å²) in [5.74, 6) is 0.692. The number of fused-ring (bicyclic) bond motifs is 3. The Labute approximate surface area is 197 Å². The highest BCUT2D eigenvalue weighted by atomic mass is 16.5. The number of amides is 1. The number of nitrogens with one attached hydrogen (secondary N) is 1. The smallest absolute Gasteiger partial charge is 0.407 e. The van der Waals surface area contributed by atoms with Crippen LogP contribution in [-0.4, -0.2) is 53.9 Å². The van der Waals surface area contributed by atoms with E-state index in [-0.39, 0.29) is 24.3 Å². The van der Waals surface area contributed by atoms with Crippen molar-refractivity contribution in [3.05, 3.63) is 88.9 Å². The van der Waals surface area contributed by atoms with E-state index in [1.54, 1.807) is 23.0 Å². The molecule has 2 aromatic carbocycles. The molecule has 3 atom stereocenters. The first-order valence-corrected chi connectivity index (χ1v) is 11.4. The van der Waals surface area contributed by atoms with Crippen molar-refractivity contribution in [3.63, 3.8) is 0 Å². The Kier molecular flexibility index (Phi) is 6.49. The van der Waals surface area contributed by atoms with Gasteiger partial charge in [-0.05, 0) is 35.2 Å². The Bertz CT molecular complexity index is 1240. The number of carbonyl (C=O) groups is 1. The quantitative estimate of drug-likeness (QED) is 0.646. The summed E-state index contributed by atoms with van der Waals surface area (Å²) in [4.78, 5) is 27.3. The minimum absolute atomic E-state index is 0.0530. The van der Waals surface area contributed by atoms with Crippen LogP contribution >= 0.6 is 0 Å². The summed E-state index contributed by atoms with van der Waals surface area (Å²) in [6, 6.07) is 18.5. The van der Waals surface area contributed by atoms with Crippen LogP contribution in [0.15, 0.2) is 77.8 Å². The summed E-state index contributed by atoms with van der Waals surface area (Å²) >= 11 is 0. The number of hydrogen-bond donors (Lipinski definition) is 1. The first kappa shape index (κ1) is 22.0. The average molecular weight is 462 g/mol. The molecule has 3 heterocycles. The van der Waals surface area contributed by atoms with E-state index in [9.17, 15) is 9.59 Å². The monoisotopic (exact) mass is 461 g/mol. The van der Waals surface area contributed by atoms with Gasteiger partial charge in [0.05, 0.1) is 17.8 Å². The van der Waals surface area contributed by atoms with Crippen LogP contribution < -0.4 is 15.6 Å². The van der Waals surface area contributed by atoms with Gasteiger partial charge >= 0.3 is 6.09 Å². The minimum Gasteiger partial charge on any atom is -0.495 e. The molecule has 176 valence electrons. The molecule has 5 rings (SSSR count). The standard InChI is InChI=1S/C26H27N3O5/c30-25-10-8-20-7-9-21-15-23(20)29(25)12-11-28-16-22(24(17-28)33-14-4-13-32-21)27-26(31)34-18-19-5-2-1-3-6-19/h1-10,14-15,22,24H,11-13,16-18H2,(H,27,31)/b14-4-/t22-,24-/m1/s1. The van der Waals surface area contributed by atoms with E-state index in [1.165, 1.54) is 0 Å². The van der Waals surface area contributed by atoms with Crippen LogP contribution in [0.2, 0.25) is 0 Å². The third-order valence-corrected chi connectivity index (χ3v) is 6.16. The number of pyridine rings is 1. The maximum absolute atomic E-state index is 12.6. The van der Waals surface area contributed by atoms with Crippen LogP contribution in [0.25, 0.3) is 10.9 Å². The SMILES string of the molecule is O=C(N[C@@H]1CN2CCn3c(=O)ccc4ccc(cc43)OC/C=C\O[C@@H]1C2)OCc1ccccc1. The number of hydrogen-bond acceptors (Lipinski definition) is 6. The maximum atomic E-state index is 12.6. The summed E-state index contributed by atoms with van der Waals surface area (Å²) in [5, 5.41) is 3.93. The van der Waals surface area contributed by atoms with E-state index in [2.05, 4.69) is 10.2 Å². The third kappa shape index (κ3) is 5.07. The molecule has 1 N–H and O–H groups in total. The maximum Gasteiger partial charge on any atom is 0.407 e. The Morgan fingerprint density at radius 1 is 1.06 bits per heavy atom. The van der Waals surface area contributed by atoms with Gasteiger partial charge in [0.25, 0.3) is 5.56 Å². The van der Waals surface area contributed by atoms with E-state index in [0.29, 0.717) is 38.5 Å². The predicted molar refractivity (Wildman–Crippen MR) is 128 cm³/mol. The topological polar surface area (TPSA) is 82.0 Å². The molecule has 0 spiro atoms. The van der Waals surface area contributed by atoms with E-state index in [4.69, 9.17) is 14.2 Å². The molecule has 8 nitrogen and oxygen atoms in total. The van der Waals surface area contributed by atoms with Crippen LogP contribution in [0.1, 0.15) is 5.56 Å². The Morgan fingerprint density at radius 2 is 1.91 bits per heavy atom. The van der Waals surface area contributed by atoms with Crippen LogP contribution in [-0.2, 0) is 22.6 Å². The van der Waals surface area contributed by atoms with Gasteiger partial charge in [0.2, 0.25) is 0 Å². The summed E-state index contributed by atoms with van der Waals surface area (Å²) in [5.41, 5.74) is 1.72. The molecule has 1 amide bonds. The van der Waals surface area contributed by atoms with Crippen molar-refractivity contribution in [2.75, 3.05) is 26.2 Å². The van der Waals surface area contributed by atoms with Gasteiger partial charge in [-0.3, -0.25) is 9.69 Å². The second-order valence-electron chi connectivity index (χ2n) is 8.47. The summed E-state index contributed by atoms with van der Waals surface area (Å²) in [7, 11) is 0. The lowest BCUT2D eigenvalue weighted by Gasteiger charge is -2.19. The number of ether oxygens (including phenoxy) is 3. The first-order chi connectivity index (χ1) is 16.7. The van der Waals surface area contributed by atoms with Gasteiger partial charge in [-0.25, -0.2) is 4.79 Å². The largest absolute Gasteiger partial charge is 0.495 e. The normalized spacial score (nSPS) is 22.9. The van der Waals surface area contributed by atoms with Gasteiger partial charge in [-0.2, -0.15) is 0 Å². The fraction of sp³-hybridized carbons (Fsp3) is 0.308. The zero-order valence-electron chi connectivity index (χ0n) is 18.8. The van der Waals surface area contributed by atoms with Crippen molar-refractivity contribution in [2.45, 2.75) is 25.3 Å². The molecule has 3 aromatic rings. The van der Waals surface area contributed by atoms with Crippen molar-refractivity contribution in [3.8, 4) is 5.75 Å². The van der Waals surface area contributed by atoms with Gasteiger partial charge in [-0.1, -0.05) is 30.3 Å². The molecule has 2 aliphatic heterocycles. The highest BCUT2D eigenvalue weighted by molar-refractivity contribution is 5.80. The molecule has 34 heavy (non-hydrogen) atoms. The molecule has 8 heteroatoms. The summed E-state index contributed by atoms with van der Waals surface area (Å²) in [6.45, 7) is 2.92. The van der Waals surface area contributed by atoms with E-state index in [0.717, 1.165) is 16.5 Å². The summed E-state index contributed by atoms with van der Waals surface area (Å²) < 4.78 is 18.9. The van der Waals surface area contributed by atoms with Crippen LogP contribution in [0.5, 0.6) is 5.75 Å². The van der Waals surface area contributed by atoms with Crippen LogP contribution in [0.3, 0.4) is 0 Å². The second kappa shape index (κ2) is 10.0. The Morgan fingerprint density at radius 3 is 2.79 bits per heavy atom. The van der Waals surface area contributed by atoms with Crippen molar-refractivity contribution < 1.29 is 19.0 Å². The van der Waals surface area contributed by atoms with Gasteiger partial charge < -0.3 is 24.1 Å². The Balaban J connectivity index is 1.30. The lowest BCUT2D eigenvalue weighted by atomic mass is 10.2. The summed E-state index contributed by atoms with van der Waals surface area (Å²) in [6.07, 6.45) is 2.70. The average Bonchev–Trinajstić information content (AvgIpc) is 3.23. The number of carbonyl (C=O) groups excluding carboxylic acids is 1. The fourth-order valence-electron chi connectivity index (χ4n) is 4.40. The van der Waals surface area contributed by atoms with E-state index in [1.807, 2.05) is 54.6 Å². The lowest BCUT2D eigenvalue weighted by molar-refractivity contribution is 0.106. The predicted octanol–water partition coefficient (Wildman–Crippen LogP) is 2.90. The zero-order valence-corrected chi connectivity index (χ0v) is 18.8. The molecular weight excluding hydrogens is 434 g/mol. The molecule has 1 saturated heterocycles. The highest BCUT2D eigenvalue weighted by Crippen LogP contribution is 2.21. The molecule has 0 aliphatic carbocycles. The molecule has 2 aliphatic rings. The highest BCUT2D eigenvalue weighted by Gasteiger charge is 2.35. The fourth-order valence-corrected chi connectivity index (χ4v) is 4.40. The molecule has 1 aromatic heterocycles. The zero-order chi connectivity index (χ0) is 23.3. The molecular formula is C26H27N3O5. The van der Waals surface area contributed by atoms with Gasteiger partial charge in [0.1, 0.15) is 25.1 Å². The number of alkyl carbamates (subject to hydrolysis) is 1. The van der Waals surface area contributed by atoms with Crippen molar-refractivity contribution in [1.82, 2.24) is 14.8 Å². The third-order valence-electron chi connectivity index (χ3n) is 6.16.